The highest BCUT2D eigenvalue weighted by Gasteiger charge is 2.16. The van der Waals surface area contributed by atoms with E-state index in [2.05, 4.69) is 34.6 Å². The summed E-state index contributed by atoms with van der Waals surface area (Å²) in [6.45, 7) is 5.87. The third kappa shape index (κ3) is 5.65. The third-order valence-corrected chi connectivity index (χ3v) is 5.20. The van der Waals surface area contributed by atoms with Crippen LogP contribution in [0.2, 0.25) is 0 Å². The number of rotatable bonds is 7. The molecule has 1 amide bonds. The number of carbonyl (C=O) groups is 2. The van der Waals surface area contributed by atoms with Gasteiger partial charge < -0.3 is 10.1 Å². The molecule has 5 nitrogen and oxygen atoms in total. The summed E-state index contributed by atoms with van der Waals surface area (Å²) in [6, 6.07) is 8.24. The van der Waals surface area contributed by atoms with Crippen molar-refractivity contribution in [2.24, 2.45) is 0 Å². The summed E-state index contributed by atoms with van der Waals surface area (Å²) in [4.78, 5) is 29.4. The van der Waals surface area contributed by atoms with Gasteiger partial charge in [-0.2, -0.15) is 0 Å². The smallest absolute Gasteiger partial charge is 0.350 e. The van der Waals surface area contributed by atoms with Gasteiger partial charge in [0.1, 0.15) is 4.88 Å². The molecule has 2 rings (SSSR count). The van der Waals surface area contributed by atoms with Crippen LogP contribution in [0.25, 0.3) is 0 Å². The van der Waals surface area contributed by atoms with Gasteiger partial charge >= 0.3 is 5.97 Å². The number of aryl methyl sites for hydroxylation is 3. The van der Waals surface area contributed by atoms with Crippen LogP contribution in [-0.2, 0) is 9.53 Å². The molecule has 1 heterocycles. The Balaban J connectivity index is 1.65. The second kappa shape index (κ2) is 8.84. The molecule has 2 aromatic rings. The summed E-state index contributed by atoms with van der Waals surface area (Å²) in [6.07, 6.45) is 0. The maximum absolute atomic E-state index is 11.9. The SMILES string of the molecule is Cc1ccc(SCCNC(=O)COC(=O)c2sc(C)nc2C)cc1. The first kappa shape index (κ1) is 18.5. The molecule has 0 fully saturated rings. The zero-order valence-electron chi connectivity index (χ0n) is 13.9. The molecule has 0 aliphatic carbocycles. The van der Waals surface area contributed by atoms with Crippen molar-refractivity contribution < 1.29 is 14.3 Å². The molecule has 0 aliphatic heterocycles. The highest BCUT2D eigenvalue weighted by atomic mass is 32.2. The lowest BCUT2D eigenvalue weighted by molar-refractivity contribution is -0.124. The van der Waals surface area contributed by atoms with E-state index in [-0.39, 0.29) is 12.5 Å². The lowest BCUT2D eigenvalue weighted by Crippen LogP contribution is -2.30. The van der Waals surface area contributed by atoms with Crippen LogP contribution in [0.5, 0.6) is 0 Å². The number of esters is 1. The summed E-state index contributed by atoms with van der Waals surface area (Å²) in [5, 5.41) is 3.54. The van der Waals surface area contributed by atoms with Gasteiger partial charge in [-0.15, -0.1) is 23.1 Å². The van der Waals surface area contributed by atoms with Crippen LogP contribution in [0.4, 0.5) is 0 Å². The normalized spacial score (nSPS) is 10.5. The van der Waals surface area contributed by atoms with Crippen molar-refractivity contribution in [1.29, 1.82) is 0 Å². The monoisotopic (exact) mass is 364 g/mol. The van der Waals surface area contributed by atoms with Crippen molar-refractivity contribution in [3.63, 3.8) is 0 Å². The van der Waals surface area contributed by atoms with Crippen LogP contribution in [0.3, 0.4) is 0 Å². The molecule has 1 aromatic carbocycles. The molecular formula is C17H20N2O3S2. The molecule has 0 radical (unpaired) electrons. The first-order valence-corrected chi connectivity index (χ1v) is 9.33. The van der Waals surface area contributed by atoms with Crippen molar-refractivity contribution >= 4 is 35.0 Å². The minimum atomic E-state index is -0.498. The van der Waals surface area contributed by atoms with Crippen LogP contribution in [-0.4, -0.2) is 35.8 Å². The van der Waals surface area contributed by atoms with Crippen LogP contribution in [0.15, 0.2) is 29.2 Å². The number of nitrogens with zero attached hydrogens (tertiary/aromatic N) is 1. The van der Waals surface area contributed by atoms with Crippen molar-refractivity contribution in [1.82, 2.24) is 10.3 Å². The van der Waals surface area contributed by atoms with E-state index in [1.807, 2.05) is 13.8 Å². The zero-order valence-corrected chi connectivity index (χ0v) is 15.6. The molecule has 0 aliphatic rings. The van der Waals surface area contributed by atoms with E-state index in [4.69, 9.17) is 4.74 Å². The highest BCUT2D eigenvalue weighted by molar-refractivity contribution is 7.99. The van der Waals surface area contributed by atoms with E-state index in [0.29, 0.717) is 17.1 Å². The maximum Gasteiger partial charge on any atom is 0.350 e. The zero-order chi connectivity index (χ0) is 17.5. The lowest BCUT2D eigenvalue weighted by atomic mass is 10.2. The first-order chi connectivity index (χ1) is 11.5. The number of nitrogens with one attached hydrogen (secondary N) is 1. The van der Waals surface area contributed by atoms with Crippen molar-refractivity contribution in [2.75, 3.05) is 18.9 Å². The van der Waals surface area contributed by atoms with Crippen LogP contribution < -0.4 is 5.32 Å². The molecule has 1 aromatic heterocycles. The molecular weight excluding hydrogens is 344 g/mol. The predicted molar refractivity (Wildman–Crippen MR) is 96.8 cm³/mol. The van der Waals surface area contributed by atoms with E-state index < -0.39 is 5.97 Å². The van der Waals surface area contributed by atoms with Gasteiger partial charge in [0.05, 0.1) is 10.7 Å². The number of hydrogen-bond acceptors (Lipinski definition) is 6. The molecule has 128 valence electrons. The average molecular weight is 364 g/mol. The minimum Gasteiger partial charge on any atom is -0.451 e. The highest BCUT2D eigenvalue weighted by Crippen LogP contribution is 2.18. The standard InChI is InChI=1S/C17H20N2O3S2/c1-11-4-6-14(7-5-11)23-9-8-18-15(20)10-22-17(21)16-12(2)19-13(3)24-16/h4-7H,8-10H2,1-3H3,(H,18,20). The van der Waals surface area contributed by atoms with E-state index in [0.717, 1.165) is 15.7 Å². The number of amides is 1. The van der Waals surface area contributed by atoms with E-state index in [1.165, 1.54) is 16.9 Å². The summed E-state index contributed by atoms with van der Waals surface area (Å²) >= 11 is 2.94. The average Bonchev–Trinajstić information content (AvgIpc) is 2.89. The molecule has 7 heteroatoms. The Morgan fingerprint density at radius 2 is 1.92 bits per heavy atom. The molecule has 0 bridgehead atoms. The predicted octanol–water partition coefficient (Wildman–Crippen LogP) is 3.13. The molecule has 0 saturated carbocycles. The summed E-state index contributed by atoms with van der Waals surface area (Å²) < 4.78 is 5.03. The van der Waals surface area contributed by atoms with Crippen LogP contribution in [0.1, 0.15) is 25.9 Å². The Hall–Kier alpha value is -1.86. The van der Waals surface area contributed by atoms with E-state index in [9.17, 15) is 9.59 Å². The Kier molecular flexibility index (Phi) is 6.81. The van der Waals surface area contributed by atoms with Crippen LogP contribution in [0, 0.1) is 20.8 Å². The Morgan fingerprint density at radius 1 is 1.21 bits per heavy atom. The number of benzene rings is 1. The quantitative estimate of drug-likeness (QED) is 0.464. The molecule has 24 heavy (non-hydrogen) atoms. The van der Waals surface area contributed by atoms with Gasteiger partial charge in [0, 0.05) is 17.2 Å². The lowest BCUT2D eigenvalue weighted by Gasteiger charge is -2.06. The van der Waals surface area contributed by atoms with Crippen molar-refractivity contribution in [2.45, 2.75) is 25.7 Å². The second-order valence-electron chi connectivity index (χ2n) is 5.24. The van der Waals surface area contributed by atoms with Gasteiger partial charge in [0.25, 0.3) is 5.91 Å². The Labute approximate surface area is 149 Å². The number of hydrogen-bond donors (Lipinski definition) is 1. The van der Waals surface area contributed by atoms with Gasteiger partial charge in [-0.1, -0.05) is 17.7 Å². The number of thiazole rings is 1. The number of carbonyl (C=O) groups excluding carboxylic acids is 2. The topological polar surface area (TPSA) is 68.3 Å². The van der Waals surface area contributed by atoms with Crippen molar-refractivity contribution in [3.05, 3.63) is 45.4 Å². The van der Waals surface area contributed by atoms with Gasteiger partial charge in [-0.25, -0.2) is 9.78 Å². The Bertz CT molecular complexity index is 711. The van der Waals surface area contributed by atoms with Crippen molar-refractivity contribution in [3.8, 4) is 0 Å². The first-order valence-electron chi connectivity index (χ1n) is 7.53. The Morgan fingerprint density at radius 3 is 2.54 bits per heavy atom. The minimum absolute atomic E-state index is 0.273. The largest absolute Gasteiger partial charge is 0.451 e. The fourth-order valence-electron chi connectivity index (χ4n) is 1.96. The summed E-state index contributed by atoms with van der Waals surface area (Å²) in [5.41, 5.74) is 1.86. The number of ether oxygens (including phenoxy) is 1. The third-order valence-electron chi connectivity index (χ3n) is 3.14. The van der Waals surface area contributed by atoms with E-state index >= 15 is 0 Å². The van der Waals surface area contributed by atoms with E-state index in [1.54, 1.807) is 18.7 Å². The molecule has 0 unspecified atom stereocenters. The molecule has 0 saturated heterocycles. The molecule has 1 N–H and O–H groups in total. The van der Waals surface area contributed by atoms with Gasteiger partial charge in [-0.3, -0.25) is 4.79 Å². The van der Waals surface area contributed by atoms with Gasteiger partial charge in [-0.05, 0) is 32.9 Å². The van der Waals surface area contributed by atoms with Gasteiger partial charge in [0.15, 0.2) is 6.61 Å². The fraction of sp³-hybridized carbons (Fsp3) is 0.353. The second-order valence-corrected chi connectivity index (χ2v) is 7.61. The maximum atomic E-state index is 11.9. The summed E-state index contributed by atoms with van der Waals surface area (Å²) in [7, 11) is 0. The molecule has 0 atom stereocenters. The number of thioether (sulfide) groups is 1. The fourth-order valence-corrected chi connectivity index (χ4v) is 3.54. The number of aromatic nitrogens is 1. The van der Waals surface area contributed by atoms with Crippen LogP contribution >= 0.6 is 23.1 Å². The van der Waals surface area contributed by atoms with Gasteiger partial charge in [0.2, 0.25) is 0 Å². The summed E-state index contributed by atoms with van der Waals surface area (Å²) in [5.74, 6) is -0.0374. The molecule has 0 spiro atoms.